The minimum absolute atomic E-state index is 0.0259. The molecule has 0 fully saturated rings. The van der Waals surface area contributed by atoms with Crippen LogP contribution in [-0.4, -0.2) is 24.3 Å². The van der Waals surface area contributed by atoms with E-state index < -0.39 is 5.41 Å². The fourth-order valence-electron chi connectivity index (χ4n) is 3.30. The number of hydrogen-bond acceptors (Lipinski definition) is 4. The lowest BCUT2D eigenvalue weighted by atomic mass is 9.72. The zero-order valence-electron chi connectivity index (χ0n) is 13.8. The van der Waals surface area contributed by atoms with Crippen LogP contribution in [0.15, 0.2) is 48.5 Å². The Morgan fingerprint density at radius 1 is 1.12 bits per heavy atom. The highest BCUT2D eigenvalue weighted by Gasteiger charge is 2.49. The smallest absolute Gasteiger partial charge is 0.326 e. The molecule has 1 unspecified atom stereocenters. The third kappa shape index (κ3) is 2.78. The summed E-state index contributed by atoms with van der Waals surface area (Å²) in [7, 11) is 0. The number of unbranched alkanes of at least 4 members (excludes halogenated alkanes) is 1. The maximum absolute atomic E-state index is 12.8. The van der Waals surface area contributed by atoms with E-state index in [4.69, 9.17) is 14.6 Å². The van der Waals surface area contributed by atoms with E-state index in [9.17, 15) is 4.79 Å². The third-order valence-corrected chi connectivity index (χ3v) is 4.51. The summed E-state index contributed by atoms with van der Waals surface area (Å²) >= 11 is 0. The summed E-state index contributed by atoms with van der Waals surface area (Å²) in [5.41, 5.74) is 1.11. The van der Waals surface area contributed by atoms with Crippen LogP contribution in [-0.2, 0) is 10.2 Å². The van der Waals surface area contributed by atoms with E-state index in [0.717, 1.165) is 30.4 Å². The number of carbonyl (C=O) groups excluding carboxylic acids is 1. The van der Waals surface area contributed by atoms with Gasteiger partial charge >= 0.3 is 5.97 Å². The highest BCUT2D eigenvalue weighted by atomic mass is 16.5. The molecule has 0 amide bonds. The normalized spacial score (nSPS) is 19.0. The zero-order chi connectivity index (χ0) is 17.0. The standard InChI is InChI=1S/C20H22O4/c1-2-3-12-20(15-8-10-16(11-9-15)23-14-13-21)17-6-4-5-7-18(17)24-19(20)22/h4-11,21H,2-3,12-14H2,1H3. The zero-order valence-corrected chi connectivity index (χ0v) is 13.8. The fraction of sp³-hybridized carbons (Fsp3) is 0.350. The molecule has 126 valence electrons. The van der Waals surface area contributed by atoms with Crippen LogP contribution in [0.5, 0.6) is 11.5 Å². The molecule has 0 radical (unpaired) electrons. The van der Waals surface area contributed by atoms with Gasteiger partial charge in [-0.1, -0.05) is 50.1 Å². The third-order valence-electron chi connectivity index (χ3n) is 4.51. The van der Waals surface area contributed by atoms with Crippen LogP contribution in [0.4, 0.5) is 0 Å². The van der Waals surface area contributed by atoms with Crippen molar-refractivity contribution in [2.75, 3.05) is 13.2 Å². The lowest BCUT2D eigenvalue weighted by Gasteiger charge is -2.26. The molecule has 1 N–H and O–H groups in total. The summed E-state index contributed by atoms with van der Waals surface area (Å²) in [6, 6.07) is 15.2. The predicted molar refractivity (Wildman–Crippen MR) is 91.4 cm³/mol. The van der Waals surface area contributed by atoms with Crippen molar-refractivity contribution in [2.45, 2.75) is 31.6 Å². The first kappa shape index (κ1) is 16.5. The van der Waals surface area contributed by atoms with Gasteiger partial charge in [-0.15, -0.1) is 0 Å². The molecule has 2 aromatic carbocycles. The Kier molecular flexibility index (Phi) is 4.86. The first-order valence-electron chi connectivity index (χ1n) is 8.38. The van der Waals surface area contributed by atoms with Gasteiger partial charge < -0.3 is 14.6 Å². The number of rotatable bonds is 7. The second-order valence-corrected chi connectivity index (χ2v) is 5.99. The van der Waals surface area contributed by atoms with Gasteiger partial charge in [0.25, 0.3) is 0 Å². The number of aliphatic hydroxyl groups is 1. The van der Waals surface area contributed by atoms with E-state index in [0.29, 0.717) is 11.5 Å². The molecule has 1 aliphatic heterocycles. The Labute approximate surface area is 142 Å². The number of esters is 1. The highest BCUT2D eigenvalue weighted by Crippen LogP contribution is 2.47. The molecule has 2 aromatic rings. The van der Waals surface area contributed by atoms with Crippen molar-refractivity contribution in [1.29, 1.82) is 0 Å². The molecule has 0 aromatic heterocycles. The number of benzene rings is 2. The maximum atomic E-state index is 12.8. The number of para-hydroxylation sites is 1. The van der Waals surface area contributed by atoms with E-state index in [1.807, 2.05) is 48.5 Å². The fourth-order valence-corrected chi connectivity index (χ4v) is 3.30. The van der Waals surface area contributed by atoms with Gasteiger partial charge in [0.15, 0.2) is 0 Å². The molecule has 1 atom stereocenters. The number of aliphatic hydroxyl groups excluding tert-OH is 1. The molecular formula is C20H22O4. The molecular weight excluding hydrogens is 304 g/mol. The largest absolute Gasteiger partial charge is 0.491 e. The van der Waals surface area contributed by atoms with E-state index in [2.05, 4.69) is 6.92 Å². The maximum Gasteiger partial charge on any atom is 0.326 e. The molecule has 0 bridgehead atoms. The number of hydrogen-bond donors (Lipinski definition) is 1. The first-order valence-corrected chi connectivity index (χ1v) is 8.38. The van der Waals surface area contributed by atoms with Gasteiger partial charge in [-0.05, 0) is 30.2 Å². The molecule has 0 aliphatic carbocycles. The van der Waals surface area contributed by atoms with Gasteiger partial charge in [0.2, 0.25) is 0 Å². The van der Waals surface area contributed by atoms with Crippen molar-refractivity contribution in [2.24, 2.45) is 0 Å². The monoisotopic (exact) mass is 326 g/mol. The summed E-state index contributed by atoms with van der Waals surface area (Å²) in [5.74, 6) is 1.12. The second kappa shape index (κ2) is 7.05. The van der Waals surface area contributed by atoms with Crippen LogP contribution < -0.4 is 9.47 Å². The van der Waals surface area contributed by atoms with E-state index in [1.165, 1.54) is 0 Å². The van der Waals surface area contributed by atoms with Crippen LogP contribution in [0.3, 0.4) is 0 Å². The first-order chi connectivity index (χ1) is 11.7. The summed E-state index contributed by atoms with van der Waals surface area (Å²) in [4.78, 5) is 12.8. The van der Waals surface area contributed by atoms with E-state index in [1.54, 1.807) is 0 Å². The van der Waals surface area contributed by atoms with Crippen LogP contribution in [0.1, 0.15) is 37.3 Å². The molecule has 0 saturated heterocycles. The average Bonchev–Trinajstić information content (AvgIpc) is 2.91. The van der Waals surface area contributed by atoms with Crippen molar-refractivity contribution in [3.8, 4) is 11.5 Å². The number of ether oxygens (including phenoxy) is 2. The van der Waals surface area contributed by atoms with Gasteiger partial charge in [0.05, 0.1) is 6.61 Å². The van der Waals surface area contributed by atoms with Gasteiger partial charge in [-0.25, -0.2) is 0 Å². The van der Waals surface area contributed by atoms with Crippen LogP contribution >= 0.6 is 0 Å². The van der Waals surface area contributed by atoms with Gasteiger partial charge in [0.1, 0.15) is 23.5 Å². The van der Waals surface area contributed by atoms with Crippen molar-refractivity contribution < 1.29 is 19.4 Å². The van der Waals surface area contributed by atoms with Gasteiger partial charge in [0, 0.05) is 5.56 Å². The average molecular weight is 326 g/mol. The molecule has 24 heavy (non-hydrogen) atoms. The summed E-state index contributed by atoms with van der Waals surface area (Å²) in [5, 5.41) is 8.85. The van der Waals surface area contributed by atoms with Crippen LogP contribution in [0.2, 0.25) is 0 Å². The minimum atomic E-state index is -0.748. The Morgan fingerprint density at radius 2 is 1.88 bits per heavy atom. The Balaban J connectivity index is 2.02. The van der Waals surface area contributed by atoms with E-state index >= 15 is 0 Å². The molecule has 0 saturated carbocycles. The Morgan fingerprint density at radius 3 is 2.58 bits per heavy atom. The van der Waals surface area contributed by atoms with Crippen LogP contribution in [0.25, 0.3) is 0 Å². The van der Waals surface area contributed by atoms with Crippen LogP contribution in [0, 0.1) is 0 Å². The molecule has 3 rings (SSSR count). The predicted octanol–water partition coefficient (Wildman–Crippen LogP) is 3.45. The minimum Gasteiger partial charge on any atom is -0.491 e. The SMILES string of the molecule is CCCCC1(c2ccc(OCCO)cc2)C(=O)Oc2ccccc21. The topological polar surface area (TPSA) is 55.8 Å². The lowest BCUT2D eigenvalue weighted by Crippen LogP contribution is -2.35. The van der Waals surface area contributed by atoms with Crippen molar-refractivity contribution in [1.82, 2.24) is 0 Å². The van der Waals surface area contributed by atoms with Crippen molar-refractivity contribution in [3.63, 3.8) is 0 Å². The van der Waals surface area contributed by atoms with Gasteiger partial charge in [-0.2, -0.15) is 0 Å². The quantitative estimate of drug-likeness (QED) is 0.625. The Bertz CT molecular complexity index is 708. The molecule has 1 heterocycles. The lowest BCUT2D eigenvalue weighted by molar-refractivity contribution is -0.137. The molecule has 0 spiro atoms. The summed E-state index contributed by atoms with van der Waals surface area (Å²) < 4.78 is 11.0. The van der Waals surface area contributed by atoms with Gasteiger partial charge in [-0.3, -0.25) is 4.79 Å². The summed E-state index contributed by atoms with van der Waals surface area (Å²) in [6.07, 6.45) is 2.66. The second-order valence-electron chi connectivity index (χ2n) is 5.99. The molecule has 4 heteroatoms. The van der Waals surface area contributed by atoms with Crippen molar-refractivity contribution in [3.05, 3.63) is 59.7 Å². The molecule has 4 nitrogen and oxygen atoms in total. The van der Waals surface area contributed by atoms with Crippen molar-refractivity contribution >= 4 is 5.97 Å². The molecule has 1 aliphatic rings. The summed E-state index contributed by atoms with van der Waals surface area (Å²) in [6.45, 7) is 2.35. The highest BCUT2D eigenvalue weighted by molar-refractivity contribution is 5.94. The number of carbonyl (C=O) groups is 1. The number of fused-ring (bicyclic) bond motifs is 1. The Hall–Kier alpha value is -2.33. The van der Waals surface area contributed by atoms with E-state index in [-0.39, 0.29) is 19.2 Å².